The molecule has 0 aliphatic heterocycles. The Bertz CT molecular complexity index is 550. The molecule has 0 amide bonds. The molecule has 0 saturated carbocycles. The number of nitrogens with zero attached hydrogens (tertiary/aromatic N) is 1. The molecule has 0 spiro atoms. The molecule has 1 aromatic heterocycles. The summed E-state index contributed by atoms with van der Waals surface area (Å²) in [5.74, 6) is 0.223. The van der Waals surface area contributed by atoms with E-state index in [9.17, 15) is 4.79 Å². The predicted octanol–water partition coefficient (Wildman–Crippen LogP) is 3.59. The number of nitrogens with one attached hydrogen (secondary N) is 1. The molecule has 108 valence electrons. The summed E-state index contributed by atoms with van der Waals surface area (Å²) in [5.41, 5.74) is 1.26. The molecule has 1 aromatic carbocycles. The number of hydrogen-bond donors (Lipinski definition) is 1. The van der Waals surface area contributed by atoms with Crippen LogP contribution < -0.4 is 5.32 Å². The van der Waals surface area contributed by atoms with Crippen molar-refractivity contribution in [2.45, 2.75) is 20.3 Å². The van der Waals surface area contributed by atoms with Gasteiger partial charge >= 0.3 is 5.97 Å². The van der Waals surface area contributed by atoms with Crippen molar-refractivity contribution in [3.8, 4) is 11.3 Å². The van der Waals surface area contributed by atoms with Crippen molar-refractivity contribution in [2.75, 3.05) is 19.5 Å². The van der Waals surface area contributed by atoms with Crippen LogP contribution in [-0.4, -0.2) is 25.1 Å². The first-order valence-electron chi connectivity index (χ1n) is 6.48. The maximum atomic E-state index is 11.4. The van der Waals surface area contributed by atoms with Gasteiger partial charge in [0.15, 0.2) is 5.76 Å². The Balaban J connectivity index is 0.000000612. The minimum Gasteiger partial charge on any atom is -0.465 e. The van der Waals surface area contributed by atoms with Gasteiger partial charge in [-0.1, -0.05) is 32.4 Å². The van der Waals surface area contributed by atoms with Gasteiger partial charge in [-0.25, -0.2) is 9.78 Å². The standard InChI is InChI=1S/C12H12N2O3.C3H8/c1-13-12-14-7-10(17-12)8-4-3-5-9(6-8)11(15)16-2;1-3-2/h3-7H,1-2H3,(H,13,14);3H2,1-2H3. The lowest BCUT2D eigenvalue weighted by atomic mass is 10.1. The zero-order valence-corrected chi connectivity index (χ0v) is 12.3. The van der Waals surface area contributed by atoms with E-state index >= 15 is 0 Å². The zero-order chi connectivity index (χ0) is 15.0. The minimum atomic E-state index is -0.375. The fourth-order valence-electron chi connectivity index (χ4n) is 1.44. The van der Waals surface area contributed by atoms with Crippen molar-refractivity contribution in [1.29, 1.82) is 0 Å². The van der Waals surface area contributed by atoms with Crippen LogP contribution in [0, 0.1) is 0 Å². The Kier molecular flexibility index (Phi) is 6.29. The average molecular weight is 276 g/mol. The van der Waals surface area contributed by atoms with E-state index in [2.05, 4.69) is 28.9 Å². The molecule has 2 aromatic rings. The number of carbonyl (C=O) groups excluding carboxylic acids is 1. The maximum Gasteiger partial charge on any atom is 0.337 e. The van der Waals surface area contributed by atoms with Crippen LogP contribution >= 0.6 is 0 Å². The Morgan fingerprint density at radius 1 is 1.40 bits per heavy atom. The molecule has 1 heterocycles. The lowest BCUT2D eigenvalue weighted by molar-refractivity contribution is 0.0601. The lowest BCUT2D eigenvalue weighted by Crippen LogP contribution is -2.00. The van der Waals surface area contributed by atoms with Gasteiger partial charge in [0.1, 0.15) is 0 Å². The fraction of sp³-hybridized carbons (Fsp3) is 0.333. The summed E-state index contributed by atoms with van der Waals surface area (Å²) >= 11 is 0. The summed E-state index contributed by atoms with van der Waals surface area (Å²) in [6.07, 6.45) is 2.85. The monoisotopic (exact) mass is 276 g/mol. The first-order chi connectivity index (χ1) is 9.65. The highest BCUT2D eigenvalue weighted by Crippen LogP contribution is 2.23. The third kappa shape index (κ3) is 4.12. The first-order valence-corrected chi connectivity index (χ1v) is 6.48. The minimum absolute atomic E-state index is 0.375. The van der Waals surface area contributed by atoms with Crippen molar-refractivity contribution >= 4 is 12.0 Å². The van der Waals surface area contributed by atoms with Gasteiger partial charge in [-0.15, -0.1) is 0 Å². The molecule has 5 nitrogen and oxygen atoms in total. The summed E-state index contributed by atoms with van der Waals surface area (Å²) < 4.78 is 10.1. The smallest absolute Gasteiger partial charge is 0.337 e. The van der Waals surface area contributed by atoms with E-state index in [0.717, 1.165) is 5.56 Å². The molecule has 1 N–H and O–H groups in total. The van der Waals surface area contributed by atoms with Gasteiger partial charge in [-0.2, -0.15) is 0 Å². The van der Waals surface area contributed by atoms with Crippen molar-refractivity contribution in [1.82, 2.24) is 4.98 Å². The van der Waals surface area contributed by atoms with Crippen molar-refractivity contribution in [3.63, 3.8) is 0 Å². The van der Waals surface area contributed by atoms with Crippen LogP contribution in [0.5, 0.6) is 0 Å². The molecule has 5 heteroatoms. The molecule has 0 saturated heterocycles. The normalized spacial score (nSPS) is 9.40. The fourth-order valence-corrected chi connectivity index (χ4v) is 1.44. The van der Waals surface area contributed by atoms with Gasteiger partial charge in [0.25, 0.3) is 6.01 Å². The highest BCUT2D eigenvalue weighted by atomic mass is 16.5. The zero-order valence-electron chi connectivity index (χ0n) is 12.3. The van der Waals surface area contributed by atoms with Crippen molar-refractivity contribution in [3.05, 3.63) is 36.0 Å². The summed E-state index contributed by atoms with van der Waals surface area (Å²) in [5, 5.41) is 2.80. The van der Waals surface area contributed by atoms with Crippen LogP contribution in [0.3, 0.4) is 0 Å². The Hall–Kier alpha value is -2.30. The van der Waals surface area contributed by atoms with Crippen LogP contribution in [-0.2, 0) is 4.74 Å². The lowest BCUT2D eigenvalue weighted by Gasteiger charge is -2.01. The summed E-state index contributed by atoms with van der Waals surface area (Å²) in [6.45, 7) is 4.25. The van der Waals surface area contributed by atoms with Gasteiger partial charge < -0.3 is 14.5 Å². The second-order valence-electron chi connectivity index (χ2n) is 4.06. The number of rotatable bonds is 3. The molecular weight excluding hydrogens is 256 g/mol. The molecule has 2 rings (SSSR count). The Morgan fingerprint density at radius 3 is 2.65 bits per heavy atom. The second kappa shape index (κ2) is 7.99. The molecule has 0 atom stereocenters. The largest absolute Gasteiger partial charge is 0.465 e. The number of oxazole rings is 1. The van der Waals surface area contributed by atoms with Crippen molar-refractivity contribution in [2.24, 2.45) is 0 Å². The molecule has 0 radical (unpaired) electrons. The van der Waals surface area contributed by atoms with Crippen LogP contribution in [0.1, 0.15) is 30.6 Å². The highest BCUT2D eigenvalue weighted by molar-refractivity contribution is 5.90. The van der Waals surface area contributed by atoms with E-state index in [0.29, 0.717) is 17.3 Å². The van der Waals surface area contributed by atoms with Gasteiger partial charge in [-0.05, 0) is 12.1 Å². The van der Waals surface area contributed by atoms with Crippen molar-refractivity contribution < 1.29 is 13.9 Å². The van der Waals surface area contributed by atoms with E-state index in [4.69, 9.17) is 4.42 Å². The van der Waals surface area contributed by atoms with Gasteiger partial charge in [0.05, 0.1) is 18.9 Å². The predicted molar refractivity (Wildman–Crippen MR) is 78.8 cm³/mol. The molecule has 0 unspecified atom stereocenters. The molecule has 0 aliphatic carbocycles. The van der Waals surface area contributed by atoms with Crippen LogP contribution in [0.4, 0.5) is 6.01 Å². The number of carbonyl (C=O) groups is 1. The number of hydrogen-bond acceptors (Lipinski definition) is 5. The average Bonchev–Trinajstić information content (AvgIpc) is 2.96. The second-order valence-corrected chi connectivity index (χ2v) is 4.06. The number of anilines is 1. The molecule has 20 heavy (non-hydrogen) atoms. The van der Waals surface area contributed by atoms with E-state index < -0.39 is 0 Å². The number of esters is 1. The molecule has 0 aliphatic rings. The maximum absolute atomic E-state index is 11.4. The Morgan fingerprint density at radius 2 is 2.10 bits per heavy atom. The van der Waals surface area contributed by atoms with Gasteiger partial charge in [0, 0.05) is 12.6 Å². The Labute approximate surface area is 119 Å². The summed E-state index contributed by atoms with van der Waals surface area (Å²) in [4.78, 5) is 15.4. The third-order valence-electron chi connectivity index (χ3n) is 2.29. The van der Waals surface area contributed by atoms with Crippen LogP contribution in [0.15, 0.2) is 34.9 Å². The van der Waals surface area contributed by atoms with Crippen LogP contribution in [0.25, 0.3) is 11.3 Å². The van der Waals surface area contributed by atoms with Gasteiger partial charge in [-0.3, -0.25) is 0 Å². The quantitative estimate of drug-likeness (QED) is 0.868. The number of ether oxygens (including phenoxy) is 1. The first kappa shape index (κ1) is 15.8. The number of benzene rings is 1. The number of aromatic nitrogens is 1. The summed E-state index contributed by atoms with van der Waals surface area (Å²) in [6, 6.07) is 7.43. The van der Waals surface area contributed by atoms with Gasteiger partial charge in [0.2, 0.25) is 0 Å². The SMILES string of the molecule is CCC.CNc1ncc(-c2cccc(C(=O)OC)c2)o1. The highest BCUT2D eigenvalue weighted by Gasteiger charge is 2.09. The van der Waals surface area contributed by atoms with E-state index in [1.165, 1.54) is 13.5 Å². The molecule has 0 fully saturated rings. The van der Waals surface area contributed by atoms with E-state index in [1.807, 2.05) is 6.07 Å². The topological polar surface area (TPSA) is 64.4 Å². The molecular formula is C15H20N2O3. The van der Waals surface area contributed by atoms with E-state index in [1.54, 1.807) is 31.4 Å². The summed E-state index contributed by atoms with van der Waals surface area (Å²) in [7, 11) is 3.07. The number of methoxy groups -OCH3 is 1. The van der Waals surface area contributed by atoms with Crippen LogP contribution in [0.2, 0.25) is 0 Å². The molecule has 0 bridgehead atoms. The third-order valence-corrected chi connectivity index (χ3v) is 2.29. The van der Waals surface area contributed by atoms with E-state index in [-0.39, 0.29) is 5.97 Å².